The van der Waals surface area contributed by atoms with Gasteiger partial charge in [0.05, 0.1) is 11.4 Å². The number of hydrogen-bond donors (Lipinski definition) is 2. The second-order valence-electron chi connectivity index (χ2n) is 4.91. The zero-order valence-corrected chi connectivity index (χ0v) is 11.7. The molecule has 1 amide bonds. The van der Waals surface area contributed by atoms with Crippen LogP contribution in [0.3, 0.4) is 0 Å². The van der Waals surface area contributed by atoms with E-state index in [1.165, 1.54) is 12.1 Å². The molecule has 1 atom stereocenters. The third-order valence-electron chi connectivity index (χ3n) is 1.96. The van der Waals surface area contributed by atoms with Crippen LogP contribution >= 0.6 is 0 Å². The molecule has 1 aromatic carbocycles. The number of rotatable bonds is 3. The molecule has 0 heterocycles. The number of carbonyl (C=O) groups is 1. The zero-order valence-electron chi connectivity index (χ0n) is 10.9. The van der Waals surface area contributed by atoms with Crippen molar-refractivity contribution in [2.75, 3.05) is 5.32 Å². The van der Waals surface area contributed by atoms with Gasteiger partial charge in [-0.2, -0.15) is 0 Å². The number of anilines is 1. The van der Waals surface area contributed by atoms with Crippen LogP contribution in [0.4, 0.5) is 14.9 Å². The van der Waals surface area contributed by atoms with Crippen LogP contribution in [0.25, 0.3) is 0 Å². The number of nitrogens with one attached hydrogen (secondary N) is 1. The maximum Gasteiger partial charge on any atom is 0.412 e. The van der Waals surface area contributed by atoms with Crippen molar-refractivity contribution in [2.45, 2.75) is 32.1 Å². The van der Waals surface area contributed by atoms with Gasteiger partial charge in [-0.3, -0.25) is 5.32 Å². The van der Waals surface area contributed by atoms with E-state index in [-0.39, 0.29) is 11.4 Å². The van der Waals surface area contributed by atoms with Crippen LogP contribution < -0.4 is 5.32 Å². The minimum atomic E-state index is -2.03. The van der Waals surface area contributed by atoms with Crippen LogP contribution in [0.1, 0.15) is 26.3 Å². The molecule has 0 aliphatic heterocycles. The Labute approximate surface area is 113 Å². The number of amides is 1. The molecule has 0 saturated heterocycles. The van der Waals surface area contributed by atoms with Gasteiger partial charge < -0.3 is 9.29 Å². The van der Waals surface area contributed by atoms with Crippen LogP contribution in [-0.2, 0) is 21.6 Å². The fraction of sp³-hybridized carbons (Fsp3) is 0.417. The lowest BCUT2D eigenvalue weighted by Gasteiger charge is -2.19. The standard InChI is InChI=1S/C12H16FNO4S/c1-12(2,3)18-11(15)14-10-5-4-8(6-9(10)13)7-19(16)17/h4-6H,7H2,1-3H3,(H,14,15)(H,16,17). The van der Waals surface area contributed by atoms with E-state index in [0.29, 0.717) is 5.56 Å². The molecular weight excluding hydrogens is 273 g/mol. The summed E-state index contributed by atoms with van der Waals surface area (Å²) in [6, 6.07) is 3.88. The molecule has 106 valence electrons. The number of ether oxygens (including phenoxy) is 1. The number of hydrogen-bond acceptors (Lipinski definition) is 3. The average Bonchev–Trinajstić information content (AvgIpc) is 2.18. The van der Waals surface area contributed by atoms with Crippen LogP contribution in [0.15, 0.2) is 18.2 Å². The molecule has 0 fully saturated rings. The van der Waals surface area contributed by atoms with E-state index in [2.05, 4.69) is 5.32 Å². The first-order chi connectivity index (χ1) is 8.67. The van der Waals surface area contributed by atoms with Crippen molar-refractivity contribution < 1.29 is 22.7 Å². The highest BCUT2D eigenvalue weighted by atomic mass is 32.2. The van der Waals surface area contributed by atoms with Crippen LogP contribution in [0, 0.1) is 5.82 Å². The molecule has 0 spiro atoms. The van der Waals surface area contributed by atoms with Crippen molar-refractivity contribution in [1.82, 2.24) is 0 Å². The van der Waals surface area contributed by atoms with Gasteiger partial charge in [-0.15, -0.1) is 0 Å². The van der Waals surface area contributed by atoms with Crippen LogP contribution in [0.5, 0.6) is 0 Å². The molecule has 0 radical (unpaired) electrons. The Hall–Kier alpha value is -1.47. The molecule has 0 aromatic heterocycles. The van der Waals surface area contributed by atoms with Crippen LogP contribution in [0.2, 0.25) is 0 Å². The summed E-state index contributed by atoms with van der Waals surface area (Å²) in [6.07, 6.45) is -0.759. The predicted octanol–water partition coefficient (Wildman–Crippen LogP) is 2.89. The van der Waals surface area contributed by atoms with Gasteiger partial charge in [-0.05, 0) is 38.5 Å². The largest absolute Gasteiger partial charge is 0.444 e. The van der Waals surface area contributed by atoms with E-state index in [1.807, 2.05) is 0 Å². The Kier molecular flexibility index (Phi) is 5.02. The molecule has 5 nitrogen and oxygen atoms in total. The van der Waals surface area contributed by atoms with E-state index >= 15 is 0 Å². The lowest BCUT2D eigenvalue weighted by atomic mass is 10.2. The maximum absolute atomic E-state index is 13.6. The van der Waals surface area contributed by atoms with E-state index < -0.39 is 28.6 Å². The molecule has 0 aliphatic rings. The molecule has 19 heavy (non-hydrogen) atoms. The van der Waals surface area contributed by atoms with E-state index in [1.54, 1.807) is 20.8 Å². The summed E-state index contributed by atoms with van der Waals surface area (Å²) in [6.45, 7) is 5.09. The molecule has 0 saturated carbocycles. The van der Waals surface area contributed by atoms with E-state index in [0.717, 1.165) is 6.07 Å². The van der Waals surface area contributed by atoms with Gasteiger partial charge in [-0.1, -0.05) is 6.07 Å². The van der Waals surface area contributed by atoms with Crippen molar-refractivity contribution in [2.24, 2.45) is 0 Å². The fourth-order valence-corrected chi connectivity index (χ4v) is 1.77. The number of halogens is 1. The number of benzene rings is 1. The van der Waals surface area contributed by atoms with Crippen molar-refractivity contribution in [3.8, 4) is 0 Å². The predicted molar refractivity (Wildman–Crippen MR) is 70.7 cm³/mol. The summed E-state index contributed by atoms with van der Waals surface area (Å²) in [5.41, 5.74) is -0.344. The molecule has 0 aliphatic carbocycles. The minimum absolute atomic E-state index is 0.0401. The van der Waals surface area contributed by atoms with Crippen molar-refractivity contribution in [3.05, 3.63) is 29.6 Å². The topological polar surface area (TPSA) is 75.6 Å². The zero-order chi connectivity index (χ0) is 14.6. The Balaban J connectivity index is 2.75. The molecule has 1 aromatic rings. The molecule has 0 bridgehead atoms. The van der Waals surface area contributed by atoms with Gasteiger partial charge in [0.1, 0.15) is 11.4 Å². The molecule has 1 unspecified atom stereocenters. The lowest BCUT2D eigenvalue weighted by Crippen LogP contribution is -2.27. The highest BCUT2D eigenvalue weighted by Crippen LogP contribution is 2.18. The van der Waals surface area contributed by atoms with Gasteiger partial charge in [-0.25, -0.2) is 13.4 Å². The molecule has 7 heteroatoms. The van der Waals surface area contributed by atoms with Crippen molar-refractivity contribution >= 4 is 22.9 Å². The summed E-state index contributed by atoms with van der Waals surface area (Å²) in [5, 5.41) is 2.27. The second kappa shape index (κ2) is 6.12. The normalized spacial score (nSPS) is 12.9. The first-order valence-corrected chi connectivity index (χ1v) is 6.81. The quantitative estimate of drug-likeness (QED) is 0.839. The fourth-order valence-electron chi connectivity index (χ4n) is 1.31. The Morgan fingerprint density at radius 1 is 1.47 bits per heavy atom. The minimum Gasteiger partial charge on any atom is -0.444 e. The molecular formula is C12H16FNO4S. The van der Waals surface area contributed by atoms with E-state index in [9.17, 15) is 13.4 Å². The first kappa shape index (κ1) is 15.6. The Morgan fingerprint density at radius 2 is 2.11 bits per heavy atom. The highest BCUT2D eigenvalue weighted by molar-refractivity contribution is 7.78. The summed E-state index contributed by atoms with van der Waals surface area (Å²) in [4.78, 5) is 11.5. The van der Waals surface area contributed by atoms with Gasteiger partial charge >= 0.3 is 6.09 Å². The summed E-state index contributed by atoms with van der Waals surface area (Å²) >= 11 is -2.03. The Bertz CT molecular complexity index is 499. The van der Waals surface area contributed by atoms with E-state index in [4.69, 9.17) is 9.29 Å². The smallest absolute Gasteiger partial charge is 0.412 e. The van der Waals surface area contributed by atoms with Crippen molar-refractivity contribution in [3.63, 3.8) is 0 Å². The maximum atomic E-state index is 13.6. The highest BCUT2D eigenvalue weighted by Gasteiger charge is 2.17. The third-order valence-corrected chi connectivity index (χ3v) is 2.54. The van der Waals surface area contributed by atoms with Crippen molar-refractivity contribution in [1.29, 1.82) is 0 Å². The molecule has 1 rings (SSSR count). The summed E-state index contributed by atoms with van der Waals surface area (Å²) in [7, 11) is 0. The van der Waals surface area contributed by atoms with Gasteiger partial charge in [0.15, 0.2) is 11.1 Å². The SMILES string of the molecule is CC(C)(C)OC(=O)Nc1ccc(CS(=O)O)cc1F. The van der Waals surface area contributed by atoms with Crippen LogP contribution in [-0.4, -0.2) is 20.5 Å². The van der Waals surface area contributed by atoms with Gasteiger partial charge in [0.25, 0.3) is 0 Å². The lowest BCUT2D eigenvalue weighted by molar-refractivity contribution is 0.0635. The van der Waals surface area contributed by atoms with Gasteiger partial charge in [0.2, 0.25) is 0 Å². The first-order valence-electron chi connectivity index (χ1n) is 5.53. The van der Waals surface area contributed by atoms with Gasteiger partial charge in [0, 0.05) is 0 Å². The number of carbonyl (C=O) groups excluding carboxylic acids is 1. The summed E-state index contributed by atoms with van der Waals surface area (Å²) in [5.74, 6) is -0.849. The Morgan fingerprint density at radius 3 is 2.58 bits per heavy atom. The third kappa shape index (κ3) is 5.80. The second-order valence-corrected chi connectivity index (χ2v) is 5.84. The average molecular weight is 289 g/mol. The summed E-state index contributed by atoms with van der Waals surface area (Å²) < 4.78 is 37.9. The monoisotopic (exact) mass is 289 g/mol. The molecule has 2 N–H and O–H groups in total.